The molecule has 0 saturated carbocycles. The van der Waals surface area contributed by atoms with E-state index >= 15 is 0 Å². The Hall–Kier alpha value is -2.66. The van der Waals surface area contributed by atoms with Crippen LogP contribution in [0, 0.1) is 0 Å². The molecule has 0 radical (unpaired) electrons. The molecule has 3 rings (SSSR count). The van der Waals surface area contributed by atoms with Gasteiger partial charge in [0.1, 0.15) is 18.2 Å². The molecule has 1 aromatic carbocycles. The lowest BCUT2D eigenvalue weighted by Crippen LogP contribution is -2.12. The highest BCUT2D eigenvalue weighted by atomic mass is 16.5. The number of nitrogens with zero attached hydrogens (tertiary/aromatic N) is 2. The first-order valence-electron chi connectivity index (χ1n) is 6.25. The van der Waals surface area contributed by atoms with E-state index in [1.807, 2.05) is 42.5 Å². The number of nitrogen functional groups attached to an aromatic ring is 1. The fourth-order valence-electron chi connectivity index (χ4n) is 2.04. The number of nitrogens with two attached hydrogens (primary N) is 1. The number of aromatic nitrogens is 2. The van der Waals surface area contributed by atoms with E-state index in [9.17, 15) is 0 Å². The fraction of sp³-hybridized carbons (Fsp3) is 0.0667. The lowest BCUT2D eigenvalue weighted by atomic mass is 10.2. The Balaban J connectivity index is 1.87. The zero-order valence-corrected chi connectivity index (χ0v) is 10.8. The Kier molecular flexibility index (Phi) is 3.43. The van der Waals surface area contributed by atoms with E-state index in [1.54, 1.807) is 12.4 Å². The molecule has 100 valence electrons. The van der Waals surface area contributed by atoms with Crippen molar-refractivity contribution >= 4 is 16.7 Å². The number of pyridine rings is 2. The largest absolute Gasteiger partial charge is 0.488 e. The monoisotopic (exact) mass is 266 g/mol. The first kappa shape index (κ1) is 12.4. The van der Waals surface area contributed by atoms with Crippen molar-refractivity contribution in [3.63, 3.8) is 0 Å². The molecule has 5 nitrogen and oxygen atoms in total. The highest BCUT2D eigenvalue weighted by molar-refractivity contribution is 5.84. The molecule has 0 fully saturated rings. The Morgan fingerprint density at radius 2 is 1.85 bits per heavy atom. The third-order valence-corrected chi connectivity index (χ3v) is 3.02. The zero-order valence-electron chi connectivity index (χ0n) is 10.8. The highest BCUT2D eigenvalue weighted by Gasteiger charge is 2.05. The number of anilines is 1. The molecule has 0 atom stereocenters. The number of hydrogen-bond acceptors (Lipinski definition) is 5. The summed E-state index contributed by atoms with van der Waals surface area (Å²) in [6.45, 7) is 0.390. The van der Waals surface area contributed by atoms with Gasteiger partial charge in [-0.3, -0.25) is 4.98 Å². The van der Waals surface area contributed by atoms with E-state index < -0.39 is 0 Å². The summed E-state index contributed by atoms with van der Waals surface area (Å²) in [4.78, 5) is 8.45. The lowest BCUT2D eigenvalue weighted by molar-refractivity contribution is 0.310. The van der Waals surface area contributed by atoms with Gasteiger partial charge in [0.25, 0.3) is 0 Å². The molecule has 0 aliphatic heterocycles. The van der Waals surface area contributed by atoms with Crippen LogP contribution in [0.25, 0.3) is 10.9 Å². The molecule has 0 amide bonds. The van der Waals surface area contributed by atoms with Gasteiger partial charge in [0.05, 0.1) is 5.52 Å². The summed E-state index contributed by atoms with van der Waals surface area (Å²) in [6.07, 6.45) is 3.45. The number of hydrogen-bond donors (Lipinski definition) is 2. The molecular formula is C15H14N4O. The van der Waals surface area contributed by atoms with Crippen molar-refractivity contribution in [2.24, 2.45) is 5.84 Å². The second-order valence-electron chi connectivity index (χ2n) is 4.27. The number of rotatable bonds is 4. The van der Waals surface area contributed by atoms with Crippen LogP contribution in [-0.2, 0) is 6.61 Å². The van der Waals surface area contributed by atoms with Gasteiger partial charge >= 0.3 is 0 Å². The fourth-order valence-corrected chi connectivity index (χ4v) is 2.04. The van der Waals surface area contributed by atoms with Crippen LogP contribution >= 0.6 is 0 Å². The summed E-state index contributed by atoms with van der Waals surface area (Å²) < 4.78 is 5.87. The van der Waals surface area contributed by atoms with E-state index in [1.165, 1.54) is 0 Å². The molecule has 0 saturated heterocycles. The minimum absolute atomic E-state index is 0.390. The maximum atomic E-state index is 5.87. The topological polar surface area (TPSA) is 73.1 Å². The van der Waals surface area contributed by atoms with Crippen molar-refractivity contribution < 1.29 is 4.74 Å². The van der Waals surface area contributed by atoms with Crippen molar-refractivity contribution in [3.05, 3.63) is 60.4 Å². The van der Waals surface area contributed by atoms with Crippen LogP contribution in [-0.4, -0.2) is 9.97 Å². The van der Waals surface area contributed by atoms with Gasteiger partial charge in [-0.05, 0) is 30.3 Å². The van der Waals surface area contributed by atoms with Crippen LogP contribution in [0.2, 0.25) is 0 Å². The van der Waals surface area contributed by atoms with Crippen molar-refractivity contribution in [1.82, 2.24) is 9.97 Å². The van der Waals surface area contributed by atoms with Gasteiger partial charge in [-0.25, -0.2) is 10.8 Å². The number of nitrogens with one attached hydrogen (secondary N) is 1. The van der Waals surface area contributed by atoms with E-state index in [4.69, 9.17) is 10.6 Å². The van der Waals surface area contributed by atoms with Gasteiger partial charge in [-0.2, -0.15) is 0 Å². The Morgan fingerprint density at radius 3 is 2.75 bits per heavy atom. The molecule has 20 heavy (non-hydrogen) atoms. The minimum Gasteiger partial charge on any atom is -0.488 e. The third-order valence-electron chi connectivity index (χ3n) is 3.02. The highest BCUT2D eigenvalue weighted by Crippen LogP contribution is 2.25. The first-order chi connectivity index (χ1) is 9.88. The molecule has 0 unspecified atom stereocenters. The van der Waals surface area contributed by atoms with Gasteiger partial charge in [0, 0.05) is 23.3 Å². The molecule has 5 heteroatoms. The van der Waals surface area contributed by atoms with Gasteiger partial charge < -0.3 is 10.2 Å². The summed E-state index contributed by atoms with van der Waals surface area (Å²) in [5.41, 5.74) is 4.38. The van der Waals surface area contributed by atoms with Crippen LogP contribution in [0.15, 0.2) is 54.9 Å². The van der Waals surface area contributed by atoms with E-state index in [2.05, 4.69) is 15.4 Å². The van der Waals surface area contributed by atoms with Gasteiger partial charge in [0.2, 0.25) is 0 Å². The van der Waals surface area contributed by atoms with Crippen molar-refractivity contribution in [2.75, 3.05) is 5.43 Å². The number of fused-ring (bicyclic) bond motifs is 1. The summed E-state index contributed by atoms with van der Waals surface area (Å²) >= 11 is 0. The van der Waals surface area contributed by atoms with Crippen LogP contribution in [0.5, 0.6) is 5.75 Å². The van der Waals surface area contributed by atoms with Crippen molar-refractivity contribution in [2.45, 2.75) is 6.61 Å². The zero-order chi connectivity index (χ0) is 13.8. The molecule has 3 N–H and O–H groups in total. The molecule has 0 bridgehead atoms. The van der Waals surface area contributed by atoms with Crippen molar-refractivity contribution in [1.29, 1.82) is 0 Å². The van der Waals surface area contributed by atoms with E-state index in [0.717, 1.165) is 22.2 Å². The second kappa shape index (κ2) is 5.54. The first-order valence-corrected chi connectivity index (χ1v) is 6.25. The number of benzene rings is 1. The van der Waals surface area contributed by atoms with Crippen LogP contribution in [0.3, 0.4) is 0 Å². The van der Waals surface area contributed by atoms with E-state index in [-0.39, 0.29) is 0 Å². The molecule has 2 heterocycles. The minimum atomic E-state index is 0.390. The molecule has 0 aliphatic rings. The second-order valence-corrected chi connectivity index (χ2v) is 4.27. The normalized spacial score (nSPS) is 10.4. The van der Waals surface area contributed by atoms with Gasteiger partial charge in [-0.15, -0.1) is 0 Å². The van der Waals surface area contributed by atoms with E-state index in [0.29, 0.717) is 12.4 Å². The average molecular weight is 266 g/mol. The summed E-state index contributed by atoms with van der Waals surface area (Å²) in [7, 11) is 0. The van der Waals surface area contributed by atoms with Crippen LogP contribution in [0.1, 0.15) is 5.56 Å². The standard InChI is InChI=1S/C15H14N4O/c16-19-15-11(4-2-9-18-15)10-20-14-7-1-6-13-12(14)5-3-8-17-13/h1-9H,10,16H2,(H,18,19). The van der Waals surface area contributed by atoms with Gasteiger partial charge in [0.15, 0.2) is 0 Å². The van der Waals surface area contributed by atoms with Crippen LogP contribution < -0.4 is 16.0 Å². The maximum absolute atomic E-state index is 5.87. The van der Waals surface area contributed by atoms with Gasteiger partial charge in [-0.1, -0.05) is 12.1 Å². The SMILES string of the molecule is NNc1ncccc1COc1cccc2ncccc12. The number of hydrazine groups is 1. The molecule has 3 aromatic rings. The Morgan fingerprint density at radius 1 is 1.00 bits per heavy atom. The Bertz CT molecular complexity index is 724. The predicted octanol–water partition coefficient (Wildman–Crippen LogP) is 2.49. The maximum Gasteiger partial charge on any atom is 0.146 e. The molecule has 2 aromatic heterocycles. The molecule has 0 aliphatic carbocycles. The molecular weight excluding hydrogens is 252 g/mol. The summed E-state index contributed by atoms with van der Waals surface area (Å²) in [6, 6.07) is 13.5. The summed E-state index contributed by atoms with van der Waals surface area (Å²) in [5, 5.41) is 0.987. The smallest absolute Gasteiger partial charge is 0.146 e. The Labute approximate surface area is 116 Å². The lowest BCUT2D eigenvalue weighted by Gasteiger charge is -2.11. The summed E-state index contributed by atoms with van der Waals surface area (Å²) in [5.74, 6) is 6.84. The third kappa shape index (κ3) is 2.39. The average Bonchev–Trinajstić information content (AvgIpc) is 2.53. The van der Waals surface area contributed by atoms with Crippen LogP contribution in [0.4, 0.5) is 5.82 Å². The molecule has 0 spiro atoms. The quantitative estimate of drug-likeness (QED) is 0.560. The number of ether oxygens (including phenoxy) is 1. The van der Waals surface area contributed by atoms with Crippen molar-refractivity contribution in [3.8, 4) is 5.75 Å². The predicted molar refractivity (Wildman–Crippen MR) is 78.1 cm³/mol.